The number of amides is 1. The lowest BCUT2D eigenvalue weighted by atomic mass is 9.80. The molecule has 0 spiro atoms. The van der Waals surface area contributed by atoms with Gasteiger partial charge < -0.3 is 10.0 Å². The summed E-state index contributed by atoms with van der Waals surface area (Å²) in [7, 11) is 0. The monoisotopic (exact) mass is 273 g/mol. The van der Waals surface area contributed by atoms with Crippen molar-refractivity contribution < 1.29 is 14.7 Å². The lowest BCUT2D eigenvalue weighted by Gasteiger charge is -2.43. The number of halogens is 2. The van der Waals surface area contributed by atoms with Gasteiger partial charge in [-0.1, -0.05) is 23.2 Å². The minimum Gasteiger partial charge on any atom is -0.480 e. The molecule has 17 heavy (non-hydrogen) atoms. The maximum Gasteiger partial charge on any atom is 0.320 e. The van der Waals surface area contributed by atoms with Gasteiger partial charge in [-0.15, -0.1) is 0 Å². The fourth-order valence-electron chi connectivity index (χ4n) is 1.73. The third-order valence-corrected chi connectivity index (χ3v) is 3.26. The number of carbonyl (C=O) groups excluding carboxylic acids is 1. The van der Waals surface area contributed by atoms with Crippen molar-refractivity contribution in [3.63, 3.8) is 0 Å². The van der Waals surface area contributed by atoms with Gasteiger partial charge in [0, 0.05) is 15.7 Å². The van der Waals surface area contributed by atoms with Gasteiger partial charge in [0.15, 0.2) is 5.41 Å². The predicted molar refractivity (Wildman–Crippen MR) is 64.6 cm³/mol. The molecule has 0 unspecified atom stereocenters. The Kier molecular flexibility index (Phi) is 2.79. The Hall–Kier alpha value is -1.26. The van der Waals surface area contributed by atoms with E-state index < -0.39 is 17.3 Å². The first-order chi connectivity index (χ1) is 7.84. The Morgan fingerprint density at radius 2 is 1.88 bits per heavy atom. The van der Waals surface area contributed by atoms with Crippen molar-refractivity contribution in [1.82, 2.24) is 0 Å². The first-order valence-electron chi connectivity index (χ1n) is 4.86. The van der Waals surface area contributed by atoms with E-state index in [9.17, 15) is 9.59 Å². The molecule has 1 aliphatic rings. The molecule has 0 aromatic heterocycles. The predicted octanol–water partition coefficient (Wildman–Crippen LogP) is 2.43. The lowest BCUT2D eigenvalue weighted by Crippen LogP contribution is -2.64. The molecule has 6 heteroatoms. The molecule has 1 aromatic carbocycles. The molecule has 1 saturated heterocycles. The number of anilines is 1. The van der Waals surface area contributed by atoms with Gasteiger partial charge in [-0.2, -0.15) is 0 Å². The summed E-state index contributed by atoms with van der Waals surface area (Å²) in [5.41, 5.74) is -0.819. The van der Waals surface area contributed by atoms with Gasteiger partial charge in [0.2, 0.25) is 5.91 Å². The highest BCUT2D eigenvalue weighted by atomic mass is 35.5. The van der Waals surface area contributed by atoms with Crippen LogP contribution >= 0.6 is 23.2 Å². The van der Waals surface area contributed by atoms with Crippen LogP contribution in [-0.4, -0.2) is 23.5 Å². The van der Waals surface area contributed by atoms with Crippen LogP contribution in [0.15, 0.2) is 18.2 Å². The average molecular weight is 274 g/mol. The number of aliphatic carboxylic acids is 1. The van der Waals surface area contributed by atoms with Gasteiger partial charge in [0.05, 0.1) is 6.54 Å². The van der Waals surface area contributed by atoms with E-state index in [-0.39, 0.29) is 6.54 Å². The normalized spacial score (nSPS) is 23.5. The molecule has 0 aliphatic carbocycles. The Bertz CT molecular complexity index is 497. The van der Waals surface area contributed by atoms with E-state index in [1.54, 1.807) is 18.2 Å². The van der Waals surface area contributed by atoms with Crippen molar-refractivity contribution in [3.8, 4) is 0 Å². The third-order valence-electron chi connectivity index (χ3n) is 2.82. The summed E-state index contributed by atoms with van der Waals surface area (Å²) in [6.45, 7) is 1.53. The molecule has 2 rings (SSSR count). The number of carboxylic acid groups (broad SMARTS) is 1. The number of β-lactam (4-membered cyclic amide) rings is 1. The number of benzene rings is 1. The number of rotatable bonds is 2. The lowest BCUT2D eigenvalue weighted by molar-refractivity contribution is -0.158. The highest BCUT2D eigenvalue weighted by Crippen LogP contribution is 2.37. The van der Waals surface area contributed by atoms with Crippen LogP contribution in [0.4, 0.5) is 5.69 Å². The first-order valence-corrected chi connectivity index (χ1v) is 5.61. The standard InChI is InChI=1S/C11H9Cl2NO3/c1-11(10(16)17)5-14(9(11)15)8-3-6(12)2-7(13)4-8/h2-4H,5H2,1H3,(H,16,17)/t11-/m0/s1. The SMILES string of the molecule is C[C@]1(C(=O)O)CN(c2cc(Cl)cc(Cl)c2)C1=O. The van der Waals surface area contributed by atoms with E-state index in [1.807, 2.05) is 0 Å². The molecule has 90 valence electrons. The molecule has 0 bridgehead atoms. The summed E-state index contributed by atoms with van der Waals surface area (Å²) in [6.07, 6.45) is 0. The van der Waals surface area contributed by atoms with Gasteiger partial charge in [0.1, 0.15) is 0 Å². The number of hydrogen-bond acceptors (Lipinski definition) is 2. The van der Waals surface area contributed by atoms with Crippen molar-refractivity contribution in [1.29, 1.82) is 0 Å². The van der Waals surface area contributed by atoms with Crippen LogP contribution in [0.2, 0.25) is 10.0 Å². The fraction of sp³-hybridized carbons (Fsp3) is 0.273. The molecule has 1 heterocycles. The van der Waals surface area contributed by atoms with Crippen LogP contribution in [0, 0.1) is 5.41 Å². The summed E-state index contributed by atoms with van der Waals surface area (Å²) in [5.74, 6) is -1.57. The molecular formula is C11H9Cl2NO3. The zero-order chi connectivity index (χ0) is 12.8. The van der Waals surface area contributed by atoms with Crippen LogP contribution < -0.4 is 4.90 Å². The summed E-state index contributed by atoms with van der Waals surface area (Å²) < 4.78 is 0. The maximum atomic E-state index is 11.8. The van der Waals surface area contributed by atoms with Crippen LogP contribution in [0.1, 0.15) is 6.92 Å². The molecule has 0 saturated carbocycles. The van der Waals surface area contributed by atoms with Crippen molar-refractivity contribution in [2.75, 3.05) is 11.4 Å². The van der Waals surface area contributed by atoms with Gasteiger partial charge in [-0.3, -0.25) is 9.59 Å². The Balaban J connectivity index is 2.28. The Labute approximate surface area is 108 Å². The van der Waals surface area contributed by atoms with Crippen LogP contribution in [0.25, 0.3) is 0 Å². The number of carbonyl (C=O) groups is 2. The highest BCUT2D eigenvalue weighted by Gasteiger charge is 2.55. The molecule has 1 fully saturated rings. The number of carboxylic acids is 1. The molecule has 1 N–H and O–H groups in total. The Morgan fingerprint density at radius 3 is 2.29 bits per heavy atom. The van der Waals surface area contributed by atoms with Crippen molar-refractivity contribution in [2.24, 2.45) is 5.41 Å². The highest BCUT2D eigenvalue weighted by molar-refractivity contribution is 6.35. The summed E-state index contributed by atoms with van der Waals surface area (Å²) >= 11 is 11.6. The largest absolute Gasteiger partial charge is 0.480 e. The topological polar surface area (TPSA) is 57.6 Å². The second kappa shape index (κ2) is 3.89. The number of nitrogens with zero attached hydrogens (tertiary/aromatic N) is 1. The van der Waals surface area contributed by atoms with E-state index in [0.29, 0.717) is 15.7 Å². The molecular weight excluding hydrogens is 265 g/mol. The summed E-state index contributed by atoms with van der Waals surface area (Å²) in [5, 5.41) is 9.75. The second-order valence-electron chi connectivity index (χ2n) is 4.16. The molecule has 1 amide bonds. The Morgan fingerprint density at radius 1 is 1.35 bits per heavy atom. The summed E-state index contributed by atoms with van der Waals surface area (Å²) in [6, 6.07) is 4.70. The van der Waals surface area contributed by atoms with E-state index in [1.165, 1.54) is 11.8 Å². The van der Waals surface area contributed by atoms with Gasteiger partial charge in [-0.25, -0.2) is 0 Å². The quantitative estimate of drug-likeness (QED) is 0.665. The third kappa shape index (κ3) is 1.87. The van der Waals surface area contributed by atoms with Gasteiger partial charge in [0.25, 0.3) is 0 Å². The second-order valence-corrected chi connectivity index (χ2v) is 5.03. The minimum atomic E-state index is -1.34. The van der Waals surface area contributed by atoms with Gasteiger partial charge >= 0.3 is 5.97 Å². The van der Waals surface area contributed by atoms with Gasteiger partial charge in [-0.05, 0) is 25.1 Å². The van der Waals surface area contributed by atoms with Crippen molar-refractivity contribution in [3.05, 3.63) is 28.2 Å². The molecule has 1 aromatic rings. The van der Waals surface area contributed by atoms with E-state index in [0.717, 1.165) is 0 Å². The fourth-order valence-corrected chi connectivity index (χ4v) is 2.24. The van der Waals surface area contributed by atoms with Crippen LogP contribution in [0.5, 0.6) is 0 Å². The molecule has 0 radical (unpaired) electrons. The molecule has 1 aliphatic heterocycles. The zero-order valence-electron chi connectivity index (χ0n) is 8.91. The van der Waals surface area contributed by atoms with Crippen molar-refractivity contribution in [2.45, 2.75) is 6.92 Å². The van der Waals surface area contributed by atoms with E-state index >= 15 is 0 Å². The smallest absolute Gasteiger partial charge is 0.320 e. The summed E-state index contributed by atoms with van der Waals surface area (Å²) in [4.78, 5) is 24.1. The maximum absolute atomic E-state index is 11.8. The minimum absolute atomic E-state index is 0.123. The molecule has 1 atom stereocenters. The zero-order valence-corrected chi connectivity index (χ0v) is 10.4. The van der Waals surface area contributed by atoms with Crippen LogP contribution in [0.3, 0.4) is 0 Å². The number of hydrogen-bond donors (Lipinski definition) is 1. The average Bonchev–Trinajstić information content (AvgIpc) is 2.23. The van der Waals surface area contributed by atoms with E-state index in [4.69, 9.17) is 28.3 Å². The molecule has 4 nitrogen and oxygen atoms in total. The van der Waals surface area contributed by atoms with Crippen molar-refractivity contribution >= 4 is 40.8 Å². The van der Waals surface area contributed by atoms with E-state index in [2.05, 4.69) is 0 Å². The van der Waals surface area contributed by atoms with Crippen LogP contribution in [-0.2, 0) is 9.59 Å². The first kappa shape index (κ1) is 12.2.